The van der Waals surface area contributed by atoms with Gasteiger partial charge in [0.15, 0.2) is 6.61 Å². The minimum absolute atomic E-state index is 0. The zero-order valence-electron chi connectivity index (χ0n) is 16.1. The van der Waals surface area contributed by atoms with Gasteiger partial charge >= 0.3 is 6.18 Å². The number of halogens is 4. The van der Waals surface area contributed by atoms with Crippen LogP contribution in [0.25, 0.3) is 0 Å². The van der Waals surface area contributed by atoms with Gasteiger partial charge in [-0.05, 0) is 24.1 Å². The van der Waals surface area contributed by atoms with Crippen molar-refractivity contribution in [2.24, 2.45) is 13.0 Å². The minimum Gasteiger partial charge on any atom is -0.484 e. The highest BCUT2D eigenvalue weighted by atomic mass is 35.5. The number of nitrogens with zero attached hydrogens (tertiary/aromatic N) is 2. The number of benzene rings is 1. The van der Waals surface area contributed by atoms with E-state index in [1.165, 1.54) is 0 Å². The molecule has 0 radical (unpaired) electrons. The normalized spacial score (nSPS) is 18.9. The number of nitrogens with one attached hydrogen (secondary N) is 2. The fourth-order valence-corrected chi connectivity index (χ4v) is 3.35. The second kappa shape index (κ2) is 9.49. The summed E-state index contributed by atoms with van der Waals surface area (Å²) in [5.41, 5.74) is 2.27. The Morgan fingerprint density at radius 1 is 1.38 bits per heavy atom. The number of aryl methyl sites for hydroxylation is 2. The zero-order valence-corrected chi connectivity index (χ0v) is 16.9. The van der Waals surface area contributed by atoms with Crippen LogP contribution >= 0.6 is 12.4 Å². The van der Waals surface area contributed by atoms with Crippen LogP contribution in [-0.2, 0) is 18.4 Å². The SMILES string of the molecule is Cc1ccc(CNC(=O)[C@H]2CNC[C@@H]2c2cnn(C)c2)c(OCC(F)(F)F)c1.Cl. The topological polar surface area (TPSA) is 68.2 Å². The Hall–Kier alpha value is -2.26. The number of carbonyl (C=O) groups excluding carboxylic acids is 1. The minimum atomic E-state index is -4.42. The molecule has 3 rings (SSSR count). The van der Waals surface area contributed by atoms with Crippen LogP contribution in [0.1, 0.15) is 22.6 Å². The first-order valence-electron chi connectivity index (χ1n) is 8.99. The fraction of sp³-hybridized carbons (Fsp3) is 0.474. The third-order valence-electron chi connectivity index (χ3n) is 4.77. The van der Waals surface area contributed by atoms with Crippen LogP contribution in [0.4, 0.5) is 13.2 Å². The molecule has 2 aromatic rings. The van der Waals surface area contributed by atoms with E-state index < -0.39 is 12.8 Å². The maximum atomic E-state index is 12.7. The Bertz CT molecular complexity index is 841. The van der Waals surface area contributed by atoms with Gasteiger partial charge < -0.3 is 15.4 Å². The number of carbonyl (C=O) groups is 1. The summed E-state index contributed by atoms with van der Waals surface area (Å²) in [7, 11) is 1.82. The first-order valence-corrected chi connectivity index (χ1v) is 8.99. The second-order valence-corrected chi connectivity index (χ2v) is 7.05. The van der Waals surface area contributed by atoms with E-state index >= 15 is 0 Å². The number of rotatable bonds is 6. The maximum Gasteiger partial charge on any atom is 0.422 e. The molecule has 1 saturated heterocycles. The summed E-state index contributed by atoms with van der Waals surface area (Å²) >= 11 is 0. The molecular weight excluding hydrogens is 409 g/mol. The van der Waals surface area contributed by atoms with Crippen LogP contribution in [-0.4, -0.2) is 41.6 Å². The van der Waals surface area contributed by atoms with E-state index in [0.717, 1.165) is 11.1 Å². The molecule has 1 aliphatic heterocycles. The standard InChI is InChI=1S/C19H23F3N4O2.ClH/c1-12-3-4-13(17(5-12)28-11-19(20,21)22)6-24-18(27)16-9-23-8-15(16)14-7-25-26(2)10-14;/h3-5,7,10,15-16,23H,6,8-9,11H2,1-2H3,(H,24,27);1H/t15-,16+;/m1./s1. The van der Waals surface area contributed by atoms with Gasteiger partial charge in [-0.25, -0.2) is 0 Å². The van der Waals surface area contributed by atoms with E-state index in [0.29, 0.717) is 18.7 Å². The summed E-state index contributed by atoms with van der Waals surface area (Å²) in [5.74, 6) is -0.283. The van der Waals surface area contributed by atoms with Crippen molar-refractivity contribution in [3.8, 4) is 5.75 Å². The average molecular weight is 433 g/mol. The van der Waals surface area contributed by atoms with Crippen molar-refractivity contribution in [3.63, 3.8) is 0 Å². The van der Waals surface area contributed by atoms with Crippen molar-refractivity contribution in [2.75, 3.05) is 19.7 Å². The van der Waals surface area contributed by atoms with E-state index in [1.807, 2.05) is 13.2 Å². The molecule has 160 valence electrons. The van der Waals surface area contributed by atoms with E-state index in [4.69, 9.17) is 4.74 Å². The smallest absolute Gasteiger partial charge is 0.422 e. The molecule has 1 aromatic carbocycles. The van der Waals surface area contributed by atoms with E-state index in [-0.39, 0.29) is 42.4 Å². The van der Waals surface area contributed by atoms with Crippen LogP contribution in [0.15, 0.2) is 30.6 Å². The molecule has 0 aliphatic carbocycles. The van der Waals surface area contributed by atoms with Gasteiger partial charge in [0.1, 0.15) is 5.75 Å². The van der Waals surface area contributed by atoms with Crippen LogP contribution < -0.4 is 15.4 Å². The molecule has 1 amide bonds. The third-order valence-corrected chi connectivity index (χ3v) is 4.77. The predicted molar refractivity (Wildman–Crippen MR) is 104 cm³/mol. The summed E-state index contributed by atoms with van der Waals surface area (Å²) in [6.07, 6.45) is -0.779. The lowest BCUT2D eigenvalue weighted by molar-refractivity contribution is -0.153. The monoisotopic (exact) mass is 432 g/mol. The number of hydrogen-bond donors (Lipinski definition) is 2. The lowest BCUT2D eigenvalue weighted by Crippen LogP contribution is -2.34. The highest BCUT2D eigenvalue weighted by Gasteiger charge is 2.34. The van der Waals surface area contributed by atoms with Gasteiger partial charge in [0, 0.05) is 44.4 Å². The van der Waals surface area contributed by atoms with E-state index in [1.54, 1.807) is 36.0 Å². The summed E-state index contributed by atoms with van der Waals surface area (Å²) in [5, 5.41) is 10.2. The quantitative estimate of drug-likeness (QED) is 0.736. The molecule has 1 fully saturated rings. The maximum absolute atomic E-state index is 12.7. The summed E-state index contributed by atoms with van der Waals surface area (Å²) in [6.45, 7) is 1.71. The Morgan fingerprint density at radius 3 is 2.79 bits per heavy atom. The molecule has 0 saturated carbocycles. The summed E-state index contributed by atoms with van der Waals surface area (Å²) < 4.78 is 44.1. The molecule has 29 heavy (non-hydrogen) atoms. The number of aromatic nitrogens is 2. The average Bonchev–Trinajstić information content (AvgIpc) is 3.26. The van der Waals surface area contributed by atoms with Gasteiger partial charge in [0.2, 0.25) is 5.91 Å². The molecule has 1 aliphatic rings. The Kier molecular flexibility index (Phi) is 7.54. The molecule has 10 heteroatoms. The molecule has 2 N–H and O–H groups in total. The van der Waals surface area contributed by atoms with Gasteiger partial charge in [0.05, 0.1) is 12.1 Å². The van der Waals surface area contributed by atoms with Crippen LogP contribution in [0.3, 0.4) is 0 Å². The molecule has 1 aromatic heterocycles. The molecule has 6 nitrogen and oxygen atoms in total. The highest BCUT2D eigenvalue weighted by Crippen LogP contribution is 2.28. The van der Waals surface area contributed by atoms with Crippen molar-refractivity contribution < 1.29 is 22.7 Å². The van der Waals surface area contributed by atoms with Gasteiger partial charge in [-0.1, -0.05) is 12.1 Å². The third kappa shape index (κ3) is 6.11. The van der Waals surface area contributed by atoms with Crippen molar-refractivity contribution in [1.29, 1.82) is 0 Å². The Balaban J connectivity index is 0.00000300. The molecular formula is C19H24ClF3N4O2. The molecule has 2 heterocycles. The van der Waals surface area contributed by atoms with Crippen molar-refractivity contribution in [1.82, 2.24) is 20.4 Å². The lowest BCUT2D eigenvalue weighted by atomic mass is 9.90. The first kappa shape index (κ1) is 23.0. The van der Waals surface area contributed by atoms with Crippen molar-refractivity contribution in [3.05, 3.63) is 47.3 Å². The van der Waals surface area contributed by atoms with Crippen LogP contribution in [0.5, 0.6) is 5.75 Å². The number of ether oxygens (including phenoxy) is 1. The summed E-state index contributed by atoms with van der Waals surface area (Å²) in [6, 6.07) is 4.99. The first-order chi connectivity index (χ1) is 13.2. The molecule has 0 spiro atoms. The van der Waals surface area contributed by atoms with E-state index in [9.17, 15) is 18.0 Å². The number of hydrogen-bond acceptors (Lipinski definition) is 4. The molecule has 0 unspecified atom stereocenters. The highest BCUT2D eigenvalue weighted by molar-refractivity contribution is 5.85. The van der Waals surface area contributed by atoms with Crippen LogP contribution in [0.2, 0.25) is 0 Å². The number of amides is 1. The Morgan fingerprint density at radius 2 is 2.14 bits per heavy atom. The van der Waals surface area contributed by atoms with Gasteiger partial charge in [-0.15, -0.1) is 12.4 Å². The fourth-order valence-electron chi connectivity index (χ4n) is 3.35. The molecule has 0 bridgehead atoms. The van der Waals surface area contributed by atoms with Crippen LogP contribution in [0, 0.1) is 12.8 Å². The Labute approximate surface area is 173 Å². The number of alkyl halides is 3. The lowest BCUT2D eigenvalue weighted by Gasteiger charge is -2.18. The summed E-state index contributed by atoms with van der Waals surface area (Å²) in [4.78, 5) is 12.7. The van der Waals surface area contributed by atoms with Crippen molar-refractivity contribution >= 4 is 18.3 Å². The predicted octanol–water partition coefficient (Wildman–Crippen LogP) is 2.71. The van der Waals surface area contributed by atoms with Gasteiger partial charge in [0.25, 0.3) is 0 Å². The molecule has 2 atom stereocenters. The second-order valence-electron chi connectivity index (χ2n) is 7.05. The van der Waals surface area contributed by atoms with E-state index in [2.05, 4.69) is 15.7 Å². The van der Waals surface area contributed by atoms with Gasteiger partial charge in [-0.3, -0.25) is 9.48 Å². The largest absolute Gasteiger partial charge is 0.484 e. The van der Waals surface area contributed by atoms with Crippen molar-refractivity contribution in [2.45, 2.75) is 25.6 Å². The van der Waals surface area contributed by atoms with Gasteiger partial charge in [-0.2, -0.15) is 18.3 Å². The zero-order chi connectivity index (χ0) is 20.3.